The summed E-state index contributed by atoms with van der Waals surface area (Å²) in [6.07, 6.45) is 3.89. The zero-order valence-electron chi connectivity index (χ0n) is 67.0. The summed E-state index contributed by atoms with van der Waals surface area (Å²) in [5.74, 6) is -1.85. The van der Waals surface area contributed by atoms with E-state index in [1.54, 1.807) is 82.3 Å². The quantitative estimate of drug-likeness (QED) is 0.00457. The van der Waals surface area contributed by atoms with Crippen LogP contribution in [0.1, 0.15) is 161 Å². The topological polar surface area (TPSA) is 464 Å². The number of nitro groups is 4. The van der Waals surface area contributed by atoms with E-state index in [9.17, 15) is 69.2 Å². The fourth-order valence-corrected chi connectivity index (χ4v) is 10.8. The van der Waals surface area contributed by atoms with E-state index in [2.05, 4.69) is 38.5 Å². The second-order valence-corrected chi connectivity index (χ2v) is 26.3. The standard InChI is InChI=1S/C25H24N2O6.C18H19IN2O4.C18H20N2O5.C15H13NO5.C7H6O2.C3H9NO.C2H6.2CH4/c1-18-8-13-22(23(27(30)31)24(18)33-17-20-6-3-2-4-7-20)25(29)26-14-5-15-32-21-11-9-19(16-28)10-12-21;1-13-8-9-15(18(22)20-11-5-10-19)16(21(23)24)17(13)25-12-14-6-3-2-4-7-14;1-13-8-9-15(18(22)19-10-5-11-21)16(20(23)24)17(13)25-12-14-6-3-2-4-7-14;1-10-7-8-12(15(17)18)13(16(19)20)14(10)21-9-11-5-3-2-4-6-11;8-5-6-1-3-7(9)4-2-6;4-2-1-3-5;1-2;;/h2-4,6-13,16H,5,14-15,17H2,1H3,(H,26,29);2-4,6-9H,5,10-12H2,1H3,(H,20,22);2-4,6-9,21H,5,10-12H2,1H3,(H,19,22);2-8H,9H2,1H3,(H,17,18);1-5,9H;5H,1-4H2;1-2H3;2*1H4. The average molecular weight is 1790 g/mol. The van der Waals surface area contributed by atoms with Crippen LogP contribution in [-0.2, 0) is 26.4 Å². The van der Waals surface area contributed by atoms with Gasteiger partial charge in [-0.2, -0.15) is 0 Å². The van der Waals surface area contributed by atoms with Gasteiger partial charge in [-0.3, -0.25) is 64.4 Å². The molecule has 0 fully saturated rings. The van der Waals surface area contributed by atoms with Crippen molar-refractivity contribution in [2.24, 2.45) is 5.73 Å². The van der Waals surface area contributed by atoms with Crippen molar-refractivity contribution in [1.82, 2.24) is 16.0 Å². The first kappa shape index (κ1) is 105. The molecule has 0 aliphatic carbocycles. The number of aldehydes is 2. The largest absolute Gasteiger partial charge is 0.508 e. The smallest absolute Gasteiger partial charge is 0.342 e. The van der Waals surface area contributed by atoms with Crippen LogP contribution in [0.25, 0.3) is 0 Å². The van der Waals surface area contributed by atoms with Crippen LogP contribution < -0.4 is 45.4 Å². The molecule has 0 aliphatic rings. The Bertz CT molecular complexity index is 4790. The van der Waals surface area contributed by atoms with Crippen molar-refractivity contribution in [3.05, 3.63) is 337 Å². The molecule has 32 heteroatoms. The number of hydrogen-bond donors (Lipinski definition) is 8. The lowest BCUT2D eigenvalue weighted by Gasteiger charge is -2.13. The number of carboxylic acids is 1. The Kier molecular flexibility index (Phi) is 50.0. The zero-order valence-corrected chi connectivity index (χ0v) is 69.2. The van der Waals surface area contributed by atoms with Gasteiger partial charge in [-0.05, 0) is 177 Å². The molecule has 0 unspecified atom stereocenters. The van der Waals surface area contributed by atoms with Gasteiger partial charge >= 0.3 is 28.7 Å². The Morgan fingerprint density at radius 1 is 0.402 bits per heavy atom. The van der Waals surface area contributed by atoms with E-state index in [0.29, 0.717) is 71.7 Å². The molecule has 0 saturated heterocycles. The number of aliphatic hydroxyl groups excluding tert-OH is 2. The predicted octanol–water partition coefficient (Wildman–Crippen LogP) is 17.1. The van der Waals surface area contributed by atoms with Crippen molar-refractivity contribution in [1.29, 1.82) is 0 Å². The molecular weight excluding hydrogens is 1690 g/mol. The zero-order chi connectivity index (χ0) is 88.3. The average Bonchev–Trinajstić information content (AvgIpc) is 0.816. The van der Waals surface area contributed by atoms with Crippen LogP contribution in [0.3, 0.4) is 0 Å². The van der Waals surface area contributed by atoms with Crippen LogP contribution in [0.4, 0.5) is 22.7 Å². The summed E-state index contributed by atoms with van der Waals surface area (Å²) in [7, 11) is 0. The predicted molar refractivity (Wildman–Crippen MR) is 475 cm³/mol. The number of benzene rings is 10. The normalized spacial score (nSPS) is 9.82. The number of amides is 3. The summed E-state index contributed by atoms with van der Waals surface area (Å²) < 4.78 is 29.1. The highest BCUT2D eigenvalue weighted by molar-refractivity contribution is 14.1. The molecule has 0 aliphatic heterocycles. The van der Waals surface area contributed by atoms with E-state index in [1.165, 1.54) is 42.5 Å². The number of carboxylic acid groups (broad SMARTS) is 1. The number of nitrogens with two attached hydrogens (primary N) is 1. The van der Waals surface area contributed by atoms with E-state index in [4.69, 9.17) is 49.8 Å². The molecule has 0 saturated carbocycles. The molecule has 0 radical (unpaired) electrons. The highest BCUT2D eigenvalue weighted by atomic mass is 127. The molecule has 0 heterocycles. The van der Waals surface area contributed by atoms with Crippen molar-refractivity contribution in [3.63, 3.8) is 0 Å². The number of aliphatic hydroxyl groups is 2. The molecule has 0 aromatic heterocycles. The third kappa shape index (κ3) is 35.5. The molecule has 9 N–H and O–H groups in total. The molecule has 10 aromatic rings. The van der Waals surface area contributed by atoms with Gasteiger partial charge in [0.1, 0.15) is 72.8 Å². The van der Waals surface area contributed by atoms with Crippen LogP contribution in [0.2, 0.25) is 0 Å². The highest BCUT2D eigenvalue weighted by Gasteiger charge is 2.32. The number of hydrogen-bond acceptors (Lipinski definition) is 23. The number of carbonyl (C=O) groups excluding carboxylic acids is 5. The maximum Gasteiger partial charge on any atom is 0.342 e. The summed E-state index contributed by atoms with van der Waals surface area (Å²) in [6, 6.07) is 61.8. The fourth-order valence-electron chi connectivity index (χ4n) is 10.4. The number of phenols is 1. The lowest BCUT2D eigenvalue weighted by Crippen LogP contribution is -2.26. The van der Waals surface area contributed by atoms with Gasteiger partial charge in [0.2, 0.25) is 23.0 Å². The van der Waals surface area contributed by atoms with Crippen LogP contribution >= 0.6 is 22.6 Å². The lowest BCUT2D eigenvalue weighted by atomic mass is 10.1. The first-order valence-electron chi connectivity index (χ1n) is 37.6. The van der Waals surface area contributed by atoms with E-state index in [1.807, 2.05) is 135 Å². The van der Waals surface area contributed by atoms with Crippen LogP contribution in [-0.4, -0.2) is 127 Å². The van der Waals surface area contributed by atoms with E-state index in [-0.39, 0.29) is 136 Å². The van der Waals surface area contributed by atoms with Gasteiger partial charge in [0.05, 0.1) is 26.3 Å². The van der Waals surface area contributed by atoms with Gasteiger partial charge in [0, 0.05) is 48.4 Å². The molecular formula is C90H105IN8O23. The Hall–Kier alpha value is -13.6. The van der Waals surface area contributed by atoms with Crippen molar-refractivity contribution in [2.75, 3.05) is 50.4 Å². The van der Waals surface area contributed by atoms with Gasteiger partial charge in [-0.1, -0.05) is 197 Å². The molecule has 3 amide bonds. The Labute approximate surface area is 722 Å². The second kappa shape index (κ2) is 58.3. The van der Waals surface area contributed by atoms with Crippen molar-refractivity contribution < 1.29 is 92.6 Å². The number of rotatable bonds is 35. The minimum atomic E-state index is -1.36. The number of ether oxygens (including phenoxy) is 5. The maximum atomic E-state index is 12.7. The number of aromatic hydroxyl groups is 1. The number of nitrogens with one attached hydrogen (secondary N) is 3. The van der Waals surface area contributed by atoms with Gasteiger partial charge in [-0.15, -0.1) is 0 Å². The minimum absolute atomic E-state index is 0. The number of alkyl halides is 1. The number of aromatic carboxylic acids is 1. The molecule has 122 heavy (non-hydrogen) atoms. The maximum absolute atomic E-state index is 12.7. The van der Waals surface area contributed by atoms with Crippen LogP contribution in [0.5, 0.6) is 34.5 Å². The number of nitro benzene ring substituents is 4. The van der Waals surface area contributed by atoms with E-state index in [0.717, 1.165) is 52.1 Å². The monoisotopic (exact) mass is 1790 g/mol. The first-order chi connectivity index (χ1) is 57.8. The number of carbonyl (C=O) groups is 6. The molecule has 650 valence electrons. The Morgan fingerprint density at radius 3 is 0.943 bits per heavy atom. The van der Waals surface area contributed by atoms with Gasteiger partial charge in [0.25, 0.3) is 17.7 Å². The Morgan fingerprint density at radius 2 is 0.680 bits per heavy atom. The number of aryl methyl sites for hydroxylation is 4. The third-order valence-electron chi connectivity index (χ3n) is 16.4. The molecule has 31 nitrogen and oxygen atoms in total. The number of halogens is 1. The highest BCUT2D eigenvalue weighted by Crippen LogP contribution is 2.39. The molecule has 10 aromatic carbocycles. The SMILES string of the molecule is C.C.CC.Cc1ccc(C(=O)NCCCI)c([N+](=O)[O-])c1OCc1ccccc1.Cc1ccc(C(=O)NCCCO)c([N+](=O)[O-])c1OCc1ccccc1.Cc1ccc(C(=O)NCCCOc2ccc(C=O)cc2)c([N+](=O)[O-])c1OCc1ccccc1.Cc1ccc(C(=O)O)c([N+](=O)[O-])c1OCc1ccccc1.NCCCO.O=Cc1ccc(O)cc1. The van der Waals surface area contributed by atoms with Gasteiger partial charge in [-0.25, -0.2) is 4.79 Å². The van der Waals surface area contributed by atoms with Crippen molar-refractivity contribution in [2.45, 2.75) is 109 Å². The Balaban J connectivity index is 0.000000520. The molecule has 10 rings (SSSR count). The van der Waals surface area contributed by atoms with Gasteiger partial charge in [0.15, 0.2) is 0 Å². The third-order valence-corrected chi connectivity index (χ3v) is 17.2. The van der Waals surface area contributed by atoms with E-state index < -0.39 is 49.1 Å². The fraction of sp³-hybridized carbons (Fsp3) is 0.267. The minimum Gasteiger partial charge on any atom is -0.508 e. The van der Waals surface area contributed by atoms with Gasteiger partial charge < -0.3 is 65.8 Å². The number of nitrogens with zero attached hydrogens (tertiary/aromatic N) is 4. The van der Waals surface area contributed by atoms with Crippen molar-refractivity contribution >= 4 is 81.6 Å². The van der Waals surface area contributed by atoms with Crippen LogP contribution in [0.15, 0.2) is 218 Å². The molecule has 0 atom stereocenters. The molecule has 0 bridgehead atoms. The number of phenolic OH excluding ortho intramolecular Hbond substituents is 1. The second-order valence-electron chi connectivity index (χ2n) is 25.2. The van der Waals surface area contributed by atoms with Crippen LogP contribution in [0, 0.1) is 68.2 Å². The summed E-state index contributed by atoms with van der Waals surface area (Å²) in [4.78, 5) is 113. The lowest BCUT2D eigenvalue weighted by molar-refractivity contribution is -0.386. The summed E-state index contributed by atoms with van der Waals surface area (Å²) in [5, 5.41) is 88.6. The van der Waals surface area contributed by atoms with E-state index >= 15 is 0 Å². The molecule has 0 spiro atoms. The summed E-state index contributed by atoms with van der Waals surface area (Å²) in [5.41, 5.74) is 9.88. The van der Waals surface area contributed by atoms with Crippen molar-refractivity contribution in [3.8, 4) is 34.5 Å². The first-order valence-corrected chi connectivity index (χ1v) is 39.1. The summed E-state index contributed by atoms with van der Waals surface area (Å²) >= 11 is 2.21. The summed E-state index contributed by atoms with van der Waals surface area (Å²) in [6.45, 7) is 13.5.